The number of carbonyl (C=O) groups is 2. The van der Waals surface area contributed by atoms with Gasteiger partial charge in [0.05, 0.1) is 11.4 Å². The van der Waals surface area contributed by atoms with Gasteiger partial charge in [-0.1, -0.05) is 0 Å². The van der Waals surface area contributed by atoms with E-state index < -0.39 is 29.5 Å². The minimum atomic E-state index is -4.81. The summed E-state index contributed by atoms with van der Waals surface area (Å²) in [6.07, 6.45) is -3.45. The number of alkyl halides is 3. The number of hydrogen-bond acceptors (Lipinski definition) is 5. The van der Waals surface area contributed by atoms with Crippen LogP contribution in [0.3, 0.4) is 0 Å². The van der Waals surface area contributed by atoms with E-state index in [9.17, 15) is 27.2 Å². The molecule has 170 valence electrons. The third-order valence-corrected chi connectivity index (χ3v) is 4.61. The van der Waals surface area contributed by atoms with Gasteiger partial charge >= 0.3 is 6.18 Å². The third kappa shape index (κ3) is 4.24. The summed E-state index contributed by atoms with van der Waals surface area (Å²) in [5.41, 5.74) is -1.63. The van der Waals surface area contributed by atoms with Crippen LogP contribution in [0.2, 0.25) is 0 Å². The van der Waals surface area contributed by atoms with Crippen molar-refractivity contribution >= 4 is 23.1 Å². The monoisotopic (exact) mass is 461 g/mol. The molecule has 0 saturated heterocycles. The Hall–Kier alpha value is -4.29. The molecular formula is C20H15F4N7O2. The number of aryl methyl sites for hydroxylation is 1. The summed E-state index contributed by atoms with van der Waals surface area (Å²) in [6, 6.07) is 6.62. The number of nitrogens with zero attached hydrogens (tertiary/aromatic N) is 5. The van der Waals surface area contributed by atoms with Gasteiger partial charge in [-0.15, -0.1) is 0 Å². The van der Waals surface area contributed by atoms with Gasteiger partial charge in [0.1, 0.15) is 5.82 Å². The first-order chi connectivity index (χ1) is 15.6. The van der Waals surface area contributed by atoms with Crippen LogP contribution in [0.4, 0.5) is 23.2 Å². The summed E-state index contributed by atoms with van der Waals surface area (Å²) in [6.45, 7) is 0. The third-order valence-electron chi connectivity index (χ3n) is 4.61. The maximum absolute atomic E-state index is 13.7. The van der Waals surface area contributed by atoms with Gasteiger partial charge in [-0.25, -0.2) is 13.9 Å². The molecule has 0 radical (unpaired) electrons. The van der Waals surface area contributed by atoms with Crippen molar-refractivity contribution < 1.29 is 27.2 Å². The Labute approximate surface area is 183 Å². The molecule has 0 aliphatic rings. The Balaban J connectivity index is 1.76. The molecule has 3 heterocycles. The molecule has 9 nitrogen and oxygen atoms in total. The minimum Gasteiger partial charge on any atom is -0.354 e. The molecule has 1 aromatic carbocycles. The zero-order chi connectivity index (χ0) is 23.9. The molecule has 0 saturated carbocycles. The normalized spacial score (nSPS) is 11.6. The lowest BCUT2D eigenvalue weighted by molar-refractivity contribution is -0.142. The SMILES string of the molecule is CNC(=O)c1nn(C)cc1NC(=O)c1cc2nc(-c3ccc(F)cc3)cc(C(F)(F)F)n2n1. The number of carbonyl (C=O) groups excluding carboxylic acids is 2. The number of amides is 2. The Morgan fingerprint density at radius 2 is 1.73 bits per heavy atom. The molecule has 0 atom stereocenters. The summed E-state index contributed by atoms with van der Waals surface area (Å²) in [4.78, 5) is 28.8. The zero-order valence-corrected chi connectivity index (χ0v) is 17.1. The molecule has 2 N–H and O–H groups in total. The molecule has 2 amide bonds. The second-order valence-corrected chi connectivity index (χ2v) is 6.93. The van der Waals surface area contributed by atoms with E-state index in [1.807, 2.05) is 0 Å². The van der Waals surface area contributed by atoms with Gasteiger partial charge < -0.3 is 10.6 Å². The molecular weight excluding hydrogens is 446 g/mol. The molecule has 4 rings (SSSR count). The second-order valence-electron chi connectivity index (χ2n) is 6.93. The van der Waals surface area contributed by atoms with Crippen molar-refractivity contribution in [2.45, 2.75) is 6.18 Å². The standard InChI is InChI=1S/C20H15F4N7O2/c1-25-19(33)17-14(9-30(2)29-17)27-18(32)13-8-16-26-12(10-3-5-11(21)6-4-10)7-15(20(22,23)24)31(16)28-13/h3-9H,1-2H3,(H,25,33)(H,27,32). The van der Waals surface area contributed by atoms with E-state index in [-0.39, 0.29) is 34.0 Å². The number of benzene rings is 1. The van der Waals surface area contributed by atoms with Crippen molar-refractivity contribution in [2.75, 3.05) is 12.4 Å². The van der Waals surface area contributed by atoms with Crippen LogP contribution in [-0.2, 0) is 13.2 Å². The fourth-order valence-corrected chi connectivity index (χ4v) is 3.11. The molecule has 0 bridgehead atoms. The average Bonchev–Trinajstić information content (AvgIpc) is 3.35. The van der Waals surface area contributed by atoms with Crippen molar-refractivity contribution in [1.82, 2.24) is 29.7 Å². The summed E-state index contributed by atoms with van der Waals surface area (Å²) in [7, 11) is 2.91. The molecule has 33 heavy (non-hydrogen) atoms. The molecule has 4 aromatic rings. The van der Waals surface area contributed by atoms with Crippen molar-refractivity contribution in [2.24, 2.45) is 7.05 Å². The molecule has 0 aliphatic heterocycles. The minimum absolute atomic E-state index is 0.0508. The van der Waals surface area contributed by atoms with Crippen molar-refractivity contribution in [3.63, 3.8) is 0 Å². The van der Waals surface area contributed by atoms with Crippen LogP contribution < -0.4 is 10.6 Å². The Morgan fingerprint density at radius 1 is 1.03 bits per heavy atom. The number of aromatic nitrogens is 5. The summed E-state index contributed by atoms with van der Waals surface area (Å²) >= 11 is 0. The van der Waals surface area contributed by atoms with E-state index in [1.54, 1.807) is 0 Å². The van der Waals surface area contributed by atoms with Crippen LogP contribution in [0, 0.1) is 5.82 Å². The smallest absolute Gasteiger partial charge is 0.354 e. The van der Waals surface area contributed by atoms with E-state index in [0.717, 1.165) is 24.3 Å². The molecule has 13 heteroatoms. The van der Waals surface area contributed by atoms with Crippen LogP contribution in [0.5, 0.6) is 0 Å². The first kappa shape index (κ1) is 21.9. The molecule has 0 aliphatic carbocycles. The average molecular weight is 461 g/mol. The Morgan fingerprint density at radius 3 is 2.36 bits per heavy atom. The van der Waals surface area contributed by atoms with Gasteiger partial charge in [0.15, 0.2) is 22.7 Å². The molecule has 3 aromatic heterocycles. The number of nitrogens with one attached hydrogen (secondary N) is 2. The number of rotatable bonds is 4. The van der Waals surface area contributed by atoms with Gasteiger partial charge in [-0.05, 0) is 30.3 Å². The van der Waals surface area contributed by atoms with Crippen molar-refractivity contribution in [1.29, 1.82) is 0 Å². The van der Waals surface area contributed by atoms with E-state index in [1.165, 1.54) is 37.1 Å². The van der Waals surface area contributed by atoms with E-state index in [2.05, 4.69) is 25.8 Å². The second kappa shape index (κ2) is 8.00. The van der Waals surface area contributed by atoms with E-state index >= 15 is 0 Å². The lowest BCUT2D eigenvalue weighted by atomic mass is 10.1. The topological polar surface area (TPSA) is 106 Å². The maximum atomic E-state index is 13.7. The molecule has 0 spiro atoms. The van der Waals surface area contributed by atoms with Crippen molar-refractivity contribution in [3.05, 3.63) is 65.5 Å². The summed E-state index contributed by atoms with van der Waals surface area (Å²) in [5, 5.41) is 12.5. The Kier molecular flexibility index (Phi) is 5.31. The largest absolute Gasteiger partial charge is 0.433 e. The van der Waals surface area contributed by atoms with Gasteiger partial charge in [0.25, 0.3) is 11.8 Å². The highest BCUT2D eigenvalue weighted by Crippen LogP contribution is 2.32. The number of halogens is 4. The lowest BCUT2D eigenvalue weighted by Gasteiger charge is -2.11. The lowest BCUT2D eigenvalue weighted by Crippen LogP contribution is -2.21. The fourth-order valence-electron chi connectivity index (χ4n) is 3.11. The fraction of sp³-hybridized carbons (Fsp3) is 0.150. The van der Waals surface area contributed by atoms with Crippen LogP contribution in [-0.4, -0.2) is 43.2 Å². The van der Waals surface area contributed by atoms with Gasteiger partial charge in [-0.3, -0.25) is 14.3 Å². The van der Waals surface area contributed by atoms with E-state index in [0.29, 0.717) is 4.52 Å². The maximum Gasteiger partial charge on any atom is 0.433 e. The highest BCUT2D eigenvalue weighted by Gasteiger charge is 2.35. The number of hydrogen-bond donors (Lipinski definition) is 2. The summed E-state index contributed by atoms with van der Waals surface area (Å²) in [5.74, 6) is -1.98. The van der Waals surface area contributed by atoms with Crippen LogP contribution >= 0.6 is 0 Å². The predicted molar refractivity (Wildman–Crippen MR) is 108 cm³/mol. The zero-order valence-electron chi connectivity index (χ0n) is 17.1. The number of fused-ring (bicyclic) bond motifs is 1. The summed E-state index contributed by atoms with van der Waals surface area (Å²) < 4.78 is 56.1. The van der Waals surface area contributed by atoms with Crippen molar-refractivity contribution in [3.8, 4) is 11.3 Å². The van der Waals surface area contributed by atoms with Crippen LogP contribution in [0.1, 0.15) is 26.7 Å². The van der Waals surface area contributed by atoms with Gasteiger partial charge in [0, 0.05) is 31.9 Å². The van der Waals surface area contributed by atoms with Gasteiger partial charge in [0.2, 0.25) is 0 Å². The first-order valence-electron chi connectivity index (χ1n) is 9.38. The number of anilines is 1. The highest BCUT2D eigenvalue weighted by molar-refractivity contribution is 6.07. The first-order valence-corrected chi connectivity index (χ1v) is 9.38. The van der Waals surface area contributed by atoms with Gasteiger partial charge in [-0.2, -0.15) is 23.4 Å². The van der Waals surface area contributed by atoms with E-state index in [4.69, 9.17) is 0 Å². The molecule has 0 unspecified atom stereocenters. The van der Waals surface area contributed by atoms with Crippen LogP contribution in [0.15, 0.2) is 42.6 Å². The predicted octanol–water partition coefficient (Wildman–Crippen LogP) is 2.90. The molecule has 0 fully saturated rings. The van der Waals surface area contributed by atoms with Crippen LogP contribution in [0.25, 0.3) is 16.9 Å². The highest BCUT2D eigenvalue weighted by atomic mass is 19.4. The Bertz CT molecular complexity index is 1370. The quantitative estimate of drug-likeness (QED) is 0.455.